The Labute approximate surface area is 123 Å². The minimum atomic E-state index is -4.78. The summed E-state index contributed by atoms with van der Waals surface area (Å²) in [6, 6.07) is 5.89. The van der Waals surface area contributed by atoms with Crippen LogP contribution in [0.1, 0.15) is 11.1 Å². The van der Waals surface area contributed by atoms with E-state index in [0.717, 1.165) is 0 Å². The fourth-order valence-electron chi connectivity index (χ4n) is 1.12. The van der Waals surface area contributed by atoms with E-state index in [2.05, 4.69) is 0 Å². The number of rotatable bonds is 3. The molecule has 0 saturated carbocycles. The summed E-state index contributed by atoms with van der Waals surface area (Å²) >= 11 is 0. The molecule has 72 valence electrons. The third kappa shape index (κ3) is 5.53. The molecule has 0 aromatic heterocycles. The van der Waals surface area contributed by atoms with E-state index in [-0.39, 0.29) is 63.6 Å². The van der Waals surface area contributed by atoms with Gasteiger partial charge in [-0.2, -0.15) is 0 Å². The fraction of sp³-hybridized carbons (Fsp3) is 0.250. The molecular weight excluding hydrogens is 219 g/mol. The normalized spacial score (nSPS) is 10.9. The van der Waals surface area contributed by atoms with E-state index < -0.39 is 13.3 Å². The summed E-state index contributed by atoms with van der Waals surface area (Å²) in [6.07, 6.45) is -0.881. The van der Waals surface area contributed by atoms with Crippen LogP contribution in [0.3, 0.4) is 0 Å². The maximum atomic E-state index is 12.0. The first-order valence-corrected chi connectivity index (χ1v) is 3.91. The van der Waals surface area contributed by atoms with Crippen molar-refractivity contribution in [3.05, 3.63) is 35.4 Å². The van der Waals surface area contributed by atoms with E-state index >= 15 is 0 Å². The summed E-state index contributed by atoms with van der Waals surface area (Å²) in [5.41, 5.74) is 0.719. The summed E-state index contributed by atoms with van der Waals surface area (Å²) in [4.78, 5) is 0. The maximum Gasteiger partial charge on any atom is 1.00 e. The monoisotopic (exact) mass is 228 g/mol. The number of aliphatic hydroxyl groups is 1. The number of benzene rings is 1. The van der Waals surface area contributed by atoms with Gasteiger partial charge < -0.3 is 18.1 Å². The molecule has 1 N–H and O–H groups in total. The van der Waals surface area contributed by atoms with E-state index in [4.69, 9.17) is 5.11 Å². The van der Waals surface area contributed by atoms with Crippen LogP contribution in [0.2, 0.25) is 0 Å². The molecular formula is C8H9BF3KO. The SMILES string of the molecule is OCc1cccc(C[B-](F)(F)F)c1.[K+]. The smallest absolute Gasteiger partial charge is 0.449 e. The Morgan fingerprint density at radius 1 is 1.14 bits per heavy atom. The first kappa shape index (κ1) is 14.7. The van der Waals surface area contributed by atoms with Gasteiger partial charge in [-0.1, -0.05) is 36.1 Å². The van der Waals surface area contributed by atoms with Crippen LogP contribution in [0.15, 0.2) is 24.3 Å². The second kappa shape index (κ2) is 6.30. The van der Waals surface area contributed by atoms with Crippen LogP contribution in [-0.2, 0) is 12.9 Å². The largest absolute Gasteiger partial charge is 1.00 e. The molecule has 6 heteroatoms. The number of hydrogen-bond acceptors (Lipinski definition) is 1. The molecule has 0 atom stereocenters. The molecule has 0 unspecified atom stereocenters. The molecule has 0 aliphatic heterocycles. The van der Waals surface area contributed by atoms with Crippen LogP contribution >= 0.6 is 0 Å². The van der Waals surface area contributed by atoms with Crippen molar-refractivity contribution in [3.8, 4) is 0 Å². The molecule has 0 heterocycles. The van der Waals surface area contributed by atoms with Crippen molar-refractivity contribution in [2.75, 3.05) is 0 Å². The molecule has 0 aliphatic rings. The number of aliphatic hydroxyl groups excluding tert-OH is 1. The van der Waals surface area contributed by atoms with Crippen molar-refractivity contribution in [2.45, 2.75) is 12.9 Å². The predicted octanol–water partition coefficient (Wildman–Crippen LogP) is -0.888. The molecule has 0 aliphatic carbocycles. The zero-order valence-corrected chi connectivity index (χ0v) is 11.0. The van der Waals surface area contributed by atoms with Gasteiger partial charge >= 0.3 is 58.4 Å². The van der Waals surface area contributed by atoms with E-state index in [0.29, 0.717) is 5.56 Å². The Hall–Kier alpha value is 0.671. The first-order valence-electron chi connectivity index (χ1n) is 3.91. The minimum Gasteiger partial charge on any atom is -0.449 e. The van der Waals surface area contributed by atoms with Gasteiger partial charge in [-0.15, -0.1) is 0 Å². The Bertz CT molecular complexity index is 290. The second-order valence-corrected chi connectivity index (χ2v) is 2.89. The summed E-state index contributed by atoms with van der Waals surface area (Å²) < 4.78 is 35.9. The van der Waals surface area contributed by atoms with Crippen LogP contribution < -0.4 is 51.4 Å². The van der Waals surface area contributed by atoms with Gasteiger partial charge in [0.2, 0.25) is 0 Å². The Balaban J connectivity index is 0.00000169. The molecule has 0 spiro atoms. The van der Waals surface area contributed by atoms with Crippen molar-refractivity contribution < 1.29 is 69.4 Å². The fourth-order valence-corrected chi connectivity index (χ4v) is 1.12. The van der Waals surface area contributed by atoms with Gasteiger partial charge in [0, 0.05) is 0 Å². The van der Waals surface area contributed by atoms with Gasteiger partial charge in [0.25, 0.3) is 0 Å². The van der Waals surface area contributed by atoms with Crippen molar-refractivity contribution in [2.24, 2.45) is 0 Å². The molecule has 1 aromatic rings. The van der Waals surface area contributed by atoms with Crippen LogP contribution in [0.4, 0.5) is 12.9 Å². The molecule has 0 fully saturated rings. The first-order chi connectivity index (χ1) is 6.01. The van der Waals surface area contributed by atoms with Gasteiger partial charge in [-0.25, -0.2) is 0 Å². The van der Waals surface area contributed by atoms with E-state index in [1.165, 1.54) is 18.2 Å². The van der Waals surface area contributed by atoms with E-state index in [1.807, 2.05) is 0 Å². The van der Waals surface area contributed by atoms with Crippen molar-refractivity contribution >= 4 is 6.98 Å². The molecule has 1 aromatic carbocycles. The van der Waals surface area contributed by atoms with Gasteiger partial charge in [-0.05, 0) is 5.56 Å². The van der Waals surface area contributed by atoms with Gasteiger partial charge in [0.15, 0.2) is 0 Å². The molecule has 1 nitrogen and oxygen atoms in total. The van der Waals surface area contributed by atoms with Crippen molar-refractivity contribution in [1.82, 2.24) is 0 Å². The summed E-state index contributed by atoms with van der Waals surface area (Å²) in [6.45, 7) is -5.01. The third-order valence-corrected chi connectivity index (χ3v) is 1.64. The second-order valence-electron chi connectivity index (χ2n) is 2.89. The molecule has 0 saturated heterocycles. The summed E-state index contributed by atoms with van der Waals surface area (Å²) in [7, 11) is 0. The topological polar surface area (TPSA) is 20.2 Å². The van der Waals surface area contributed by atoms with Crippen LogP contribution in [0, 0.1) is 0 Å². The van der Waals surface area contributed by atoms with Crippen LogP contribution in [-0.4, -0.2) is 12.1 Å². The molecule has 0 amide bonds. The zero-order valence-electron chi connectivity index (χ0n) is 7.88. The van der Waals surface area contributed by atoms with Crippen LogP contribution in [0.25, 0.3) is 0 Å². The Morgan fingerprint density at radius 2 is 1.71 bits per heavy atom. The molecule has 14 heavy (non-hydrogen) atoms. The predicted molar refractivity (Wildman–Crippen MR) is 45.1 cm³/mol. The van der Waals surface area contributed by atoms with E-state index in [9.17, 15) is 12.9 Å². The maximum absolute atomic E-state index is 12.0. The van der Waals surface area contributed by atoms with Gasteiger partial charge in [0.05, 0.1) is 6.61 Å². The average molecular weight is 228 g/mol. The van der Waals surface area contributed by atoms with Crippen molar-refractivity contribution in [3.63, 3.8) is 0 Å². The zero-order chi connectivity index (χ0) is 9.90. The van der Waals surface area contributed by atoms with Crippen molar-refractivity contribution in [1.29, 1.82) is 0 Å². The molecule has 0 radical (unpaired) electrons. The quantitative estimate of drug-likeness (QED) is 0.665. The van der Waals surface area contributed by atoms with Gasteiger partial charge in [0.1, 0.15) is 0 Å². The minimum absolute atomic E-state index is 0. The Morgan fingerprint density at radius 3 is 2.21 bits per heavy atom. The number of hydrogen-bond donors (Lipinski definition) is 1. The standard InChI is InChI=1S/C8H9BF3O.K/c10-9(11,12)5-7-2-1-3-8(4-7)6-13;/h1-4,13H,5-6H2;/q-1;+1. The number of halogens is 3. The molecule has 0 bridgehead atoms. The van der Waals surface area contributed by atoms with E-state index in [1.54, 1.807) is 6.07 Å². The Kier molecular flexibility index (Phi) is 6.60. The third-order valence-electron chi connectivity index (χ3n) is 1.64. The average Bonchev–Trinajstić information content (AvgIpc) is 2.01. The summed E-state index contributed by atoms with van der Waals surface area (Å²) in [5.74, 6) is 0. The van der Waals surface area contributed by atoms with Crippen LogP contribution in [0.5, 0.6) is 0 Å². The summed E-state index contributed by atoms with van der Waals surface area (Å²) in [5, 5.41) is 8.68. The molecule has 1 rings (SSSR count). The van der Waals surface area contributed by atoms with Gasteiger partial charge in [-0.3, -0.25) is 0 Å².